The van der Waals surface area contributed by atoms with Crippen LogP contribution in [0.1, 0.15) is 53.0 Å². The van der Waals surface area contributed by atoms with Gasteiger partial charge in [-0.1, -0.05) is 31.5 Å². The summed E-state index contributed by atoms with van der Waals surface area (Å²) in [4.78, 5) is 5.94. The van der Waals surface area contributed by atoms with Crippen molar-refractivity contribution >= 4 is 11.3 Å². The number of hydrogen-bond acceptors (Lipinski definition) is 3. The highest BCUT2D eigenvalue weighted by Gasteiger charge is 2.21. The van der Waals surface area contributed by atoms with E-state index in [0.717, 1.165) is 35.7 Å². The van der Waals surface area contributed by atoms with E-state index in [-0.39, 0.29) is 11.9 Å². The zero-order valence-electron chi connectivity index (χ0n) is 13.2. The first kappa shape index (κ1) is 16.1. The number of rotatable bonds is 6. The van der Waals surface area contributed by atoms with Gasteiger partial charge in [0.05, 0.1) is 11.7 Å². The first-order valence-corrected chi connectivity index (χ1v) is 8.34. The lowest BCUT2D eigenvalue weighted by molar-refractivity contribution is 0.544. The molecule has 0 fully saturated rings. The Hall–Kier alpha value is -1.26. The van der Waals surface area contributed by atoms with Crippen LogP contribution in [-0.4, -0.2) is 11.5 Å². The monoisotopic (exact) mass is 306 g/mol. The van der Waals surface area contributed by atoms with E-state index in [9.17, 15) is 4.39 Å². The summed E-state index contributed by atoms with van der Waals surface area (Å²) in [6.07, 6.45) is 1.92. The van der Waals surface area contributed by atoms with Gasteiger partial charge in [-0.05, 0) is 39.3 Å². The Morgan fingerprint density at radius 2 is 2.05 bits per heavy atom. The lowest BCUT2D eigenvalue weighted by Crippen LogP contribution is -2.24. The van der Waals surface area contributed by atoms with E-state index >= 15 is 0 Å². The highest BCUT2D eigenvalue weighted by Crippen LogP contribution is 2.30. The largest absolute Gasteiger partial charge is 0.304 e. The fourth-order valence-electron chi connectivity index (χ4n) is 2.41. The minimum Gasteiger partial charge on any atom is -0.304 e. The van der Waals surface area contributed by atoms with Crippen LogP contribution in [0.3, 0.4) is 0 Å². The second kappa shape index (κ2) is 7.14. The topological polar surface area (TPSA) is 24.9 Å². The minimum atomic E-state index is -0.167. The smallest absolute Gasteiger partial charge is 0.128 e. The molecule has 0 aliphatic carbocycles. The van der Waals surface area contributed by atoms with Gasteiger partial charge in [-0.2, -0.15) is 0 Å². The fraction of sp³-hybridized carbons (Fsp3) is 0.471. The van der Waals surface area contributed by atoms with Crippen molar-refractivity contribution in [2.75, 3.05) is 6.54 Å². The first-order valence-electron chi connectivity index (χ1n) is 7.52. The molecule has 114 valence electrons. The van der Waals surface area contributed by atoms with E-state index in [1.54, 1.807) is 23.5 Å². The van der Waals surface area contributed by atoms with E-state index < -0.39 is 0 Å². The quantitative estimate of drug-likeness (QED) is 0.847. The van der Waals surface area contributed by atoms with Crippen LogP contribution in [0, 0.1) is 19.7 Å². The molecule has 21 heavy (non-hydrogen) atoms. The molecule has 1 unspecified atom stereocenters. The van der Waals surface area contributed by atoms with Crippen LogP contribution in [0.2, 0.25) is 0 Å². The van der Waals surface area contributed by atoms with Crippen molar-refractivity contribution in [1.29, 1.82) is 0 Å². The third-order valence-electron chi connectivity index (χ3n) is 3.55. The van der Waals surface area contributed by atoms with Crippen molar-refractivity contribution in [3.8, 4) is 0 Å². The van der Waals surface area contributed by atoms with Gasteiger partial charge in [0.2, 0.25) is 0 Å². The van der Waals surface area contributed by atoms with Gasteiger partial charge in [-0.15, -0.1) is 11.3 Å². The molecule has 2 nitrogen and oxygen atoms in total. The Bertz CT molecular complexity index is 607. The summed E-state index contributed by atoms with van der Waals surface area (Å²) in [5.74, 6) is -0.167. The second-order valence-corrected chi connectivity index (χ2v) is 6.56. The lowest BCUT2D eigenvalue weighted by atomic mass is 10.0. The van der Waals surface area contributed by atoms with Gasteiger partial charge in [-0.3, -0.25) is 0 Å². The van der Waals surface area contributed by atoms with Gasteiger partial charge in [0.1, 0.15) is 10.8 Å². The molecular weight excluding hydrogens is 283 g/mol. The molecule has 1 aromatic heterocycles. The molecule has 0 spiro atoms. The number of benzene rings is 1. The molecule has 1 atom stereocenters. The second-order valence-electron chi connectivity index (χ2n) is 5.32. The molecule has 1 aromatic carbocycles. The van der Waals surface area contributed by atoms with E-state index in [0.29, 0.717) is 5.56 Å². The van der Waals surface area contributed by atoms with Crippen LogP contribution in [0.25, 0.3) is 0 Å². The van der Waals surface area contributed by atoms with Crippen molar-refractivity contribution in [3.63, 3.8) is 0 Å². The summed E-state index contributed by atoms with van der Waals surface area (Å²) in [5, 5.41) is 4.40. The number of aromatic nitrogens is 1. The van der Waals surface area contributed by atoms with Gasteiger partial charge in [-0.25, -0.2) is 9.37 Å². The van der Waals surface area contributed by atoms with Gasteiger partial charge in [0.15, 0.2) is 0 Å². The molecule has 0 radical (unpaired) electrons. The molecule has 0 aliphatic rings. The molecule has 4 heteroatoms. The molecule has 2 aromatic rings. The van der Waals surface area contributed by atoms with Crippen LogP contribution in [0.4, 0.5) is 4.39 Å². The summed E-state index contributed by atoms with van der Waals surface area (Å²) < 4.78 is 14.3. The Balaban J connectivity index is 2.44. The maximum atomic E-state index is 14.3. The molecule has 0 amide bonds. The third-order valence-corrected chi connectivity index (χ3v) is 4.63. The van der Waals surface area contributed by atoms with Gasteiger partial charge in [0.25, 0.3) is 0 Å². The zero-order chi connectivity index (χ0) is 15.4. The maximum Gasteiger partial charge on any atom is 0.128 e. The third kappa shape index (κ3) is 3.69. The summed E-state index contributed by atoms with van der Waals surface area (Å²) in [7, 11) is 0. The van der Waals surface area contributed by atoms with Crippen molar-refractivity contribution in [1.82, 2.24) is 10.3 Å². The van der Waals surface area contributed by atoms with Gasteiger partial charge >= 0.3 is 0 Å². The SMILES string of the molecule is CCCNC(c1nc(CC)c(C)s1)c1cc(C)ccc1F. The molecule has 0 aliphatic heterocycles. The number of nitrogens with zero attached hydrogens (tertiary/aromatic N) is 1. The van der Waals surface area contributed by atoms with E-state index in [4.69, 9.17) is 4.98 Å². The lowest BCUT2D eigenvalue weighted by Gasteiger charge is -2.18. The van der Waals surface area contributed by atoms with E-state index in [1.165, 1.54) is 4.88 Å². The number of halogens is 1. The number of hydrogen-bond donors (Lipinski definition) is 1. The maximum absolute atomic E-state index is 14.3. The predicted molar refractivity (Wildman–Crippen MR) is 87.5 cm³/mol. The fourth-order valence-corrected chi connectivity index (χ4v) is 3.51. The Morgan fingerprint density at radius 3 is 2.67 bits per heavy atom. The molecular formula is C17H23FN2S. The normalized spacial score (nSPS) is 12.6. The number of nitrogens with one attached hydrogen (secondary N) is 1. The van der Waals surface area contributed by atoms with Crippen LogP contribution >= 0.6 is 11.3 Å². The van der Waals surface area contributed by atoms with Crippen molar-refractivity contribution < 1.29 is 4.39 Å². The predicted octanol–water partition coefficient (Wildman–Crippen LogP) is 4.55. The van der Waals surface area contributed by atoms with Gasteiger partial charge in [0, 0.05) is 10.4 Å². The molecule has 1 N–H and O–H groups in total. The summed E-state index contributed by atoms with van der Waals surface area (Å²) >= 11 is 1.67. The Morgan fingerprint density at radius 1 is 1.29 bits per heavy atom. The Labute approximate surface area is 130 Å². The van der Waals surface area contributed by atoms with Crippen LogP contribution in [-0.2, 0) is 6.42 Å². The molecule has 2 rings (SSSR count). The molecule has 0 bridgehead atoms. The highest BCUT2D eigenvalue weighted by molar-refractivity contribution is 7.11. The summed E-state index contributed by atoms with van der Waals surface area (Å²) in [5.41, 5.74) is 2.88. The van der Waals surface area contributed by atoms with Crippen molar-refractivity contribution in [3.05, 3.63) is 50.7 Å². The molecule has 1 heterocycles. The van der Waals surface area contributed by atoms with Crippen molar-refractivity contribution in [2.24, 2.45) is 0 Å². The van der Waals surface area contributed by atoms with Crippen molar-refractivity contribution in [2.45, 2.75) is 46.6 Å². The minimum absolute atomic E-state index is 0.158. The van der Waals surface area contributed by atoms with E-state index in [1.807, 2.05) is 13.0 Å². The summed E-state index contributed by atoms with van der Waals surface area (Å²) in [6.45, 7) is 9.14. The van der Waals surface area contributed by atoms with Gasteiger partial charge < -0.3 is 5.32 Å². The zero-order valence-corrected chi connectivity index (χ0v) is 14.0. The molecule has 0 saturated heterocycles. The van der Waals surface area contributed by atoms with Crippen LogP contribution < -0.4 is 5.32 Å². The summed E-state index contributed by atoms with van der Waals surface area (Å²) in [6, 6.07) is 5.12. The molecule has 0 saturated carbocycles. The van der Waals surface area contributed by atoms with Crippen LogP contribution in [0.15, 0.2) is 18.2 Å². The number of thiazole rings is 1. The van der Waals surface area contributed by atoms with E-state index in [2.05, 4.69) is 26.1 Å². The first-order chi connectivity index (χ1) is 10.1. The Kier molecular flexibility index (Phi) is 5.48. The standard InChI is InChI=1S/C17H23FN2S/c1-5-9-19-16(13-10-11(3)7-8-14(13)18)17-20-15(6-2)12(4)21-17/h7-8,10,16,19H,5-6,9H2,1-4H3. The number of aryl methyl sites for hydroxylation is 3. The van der Waals surface area contributed by atoms with Crippen LogP contribution in [0.5, 0.6) is 0 Å². The average Bonchev–Trinajstić information content (AvgIpc) is 2.84. The highest BCUT2D eigenvalue weighted by atomic mass is 32.1. The average molecular weight is 306 g/mol.